The lowest BCUT2D eigenvalue weighted by molar-refractivity contribution is 0.596. The van der Waals surface area contributed by atoms with Crippen molar-refractivity contribution in [2.24, 2.45) is 0 Å². The van der Waals surface area contributed by atoms with Crippen molar-refractivity contribution in [3.05, 3.63) is 64.4 Å². The monoisotopic (exact) mass is 328 g/mol. The molecule has 4 nitrogen and oxygen atoms in total. The highest BCUT2D eigenvalue weighted by Gasteiger charge is 2.32. The molecule has 0 aromatic heterocycles. The highest BCUT2D eigenvalue weighted by atomic mass is 32.2. The third kappa shape index (κ3) is 2.39. The molecule has 0 fully saturated rings. The smallest absolute Gasteiger partial charge is 0.220 e. The van der Waals surface area contributed by atoms with Crippen molar-refractivity contribution < 1.29 is 12.8 Å². The second kappa shape index (κ2) is 5.21. The first kappa shape index (κ1) is 15.3. The van der Waals surface area contributed by atoms with E-state index in [1.807, 2.05) is 32.0 Å². The number of aryl methyl sites for hydroxylation is 2. The lowest BCUT2D eigenvalue weighted by Gasteiger charge is -2.28. The number of fused-ring (bicyclic) bond motifs is 1. The highest BCUT2D eigenvalue weighted by molar-refractivity contribution is 7.95. The summed E-state index contributed by atoms with van der Waals surface area (Å²) in [4.78, 5) is 0.990. The average molecular weight is 328 g/mol. The number of nitrogens with zero attached hydrogens (tertiary/aromatic N) is 2. The number of hydrogen-bond acceptors (Lipinski definition) is 4. The van der Waals surface area contributed by atoms with Gasteiger partial charge in [-0.15, -0.1) is 0 Å². The van der Waals surface area contributed by atoms with Crippen molar-refractivity contribution in [3.63, 3.8) is 0 Å². The Morgan fingerprint density at radius 2 is 1.83 bits per heavy atom. The molecule has 0 spiro atoms. The highest BCUT2D eigenvalue weighted by Crippen LogP contribution is 2.39. The average Bonchev–Trinajstić information content (AvgIpc) is 2.51. The van der Waals surface area contributed by atoms with Crippen LogP contribution in [-0.2, 0) is 9.84 Å². The molecule has 1 aliphatic rings. The number of nitriles is 1. The third-order valence-corrected chi connectivity index (χ3v) is 5.57. The van der Waals surface area contributed by atoms with Gasteiger partial charge in [0.25, 0.3) is 0 Å². The first-order valence-electron chi connectivity index (χ1n) is 6.87. The summed E-state index contributed by atoms with van der Waals surface area (Å²) in [5, 5.41) is 9.17. The molecule has 6 heteroatoms. The van der Waals surface area contributed by atoms with Gasteiger partial charge in [-0.1, -0.05) is 6.07 Å². The van der Waals surface area contributed by atoms with E-state index in [-0.39, 0.29) is 4.90 Å². The first-order valence-corrected chi connectivity index (χ1v) is 8.36. The molecule has 23 heavy (non-hydrogen) atoms. The van der Waals surface area contributed by atoms with E-state index in [4.69, 9.17) is 5.26 Å². The van der Waals surface area contributed by atoms with E-state index in [9.17, 15) is 12.8 Å². The Balaban J connectivity index is 2.30. The quantitative estimate of drug-likeness (QED) is 0.800. The number of halogens is 1. The number of benzene rings is 2. The Bertz CT molecular complexity index is 988. The number of rotatable bonds is 1. The normalized spacial score (nSPS) is 15.6. The van der Waals surface area contributed by atoms with Crippen LogP contribution in [0.4, 0.5) is 15.8 Å². The summed E-state index contributed by atoms with van der Waals surface area (Å²) in [5.41, 5.74) is 3.17. The molecular weight excluding hydrogens is 315 g/mol. The van der Waals surface area contributed by atoms with Gasteiger partial charge in [0.1, 0.15) is 11.9 Å². The zero-order valence-corrected chi connectivity index (χ0v) is 13.4. The van der Waals surface area contributed by atoms with Crippen LogP contribution in [0, 0.1) is 31.0 Å². The maximum absolute atomic E-state index is 13.5. The van der Waals surface area contributed by atoms with Crippen LogP contribution in [0.1, 0.15) is 11.1 Å². The third-order valence-electron chi connectivity index (χ3n) is 3.89. The van der Waals surface area contributed by atoms with Crippen LogP contribution < -0.4 is 4.90 Å². The fourth-order valence-corrected chi connectivity index (χ4v) is 3.77. The lowest BCUT2D eigenvalue weighted by Crippen LogP contribution is -2.21. The van der Waals surface area contributed by atoms with Crippen molar-refractivity contribution in [1.82, 2.24) is 0 Å². The van der Waals surface area contributed by atoms with Gasteiger partial charge in [-0.3, -0.25) is 0 Å². The predicted octanol–water partition coefficient (Wildman–Crippen LogP) is 3.73. The minimum absolute atomic E-state index is 0.199. The van der Waals surface area contributed by atoms with E-state index in [1.54, 1.807) is 11.0 Å². The minimum Gasteiger partial charge on any atom is -0.314 e. The largest absolute Gasteiger partial charge is 0.314 e. The van der Waals surface area contributed by atoms with Gasteiger partial charge in [0, 0.05) is 11.9 Å². The van der Waals surface area contributed by atoms with Gasteiger partial charge < -0.3 is 4.90 Å². The molecule has 0 aliphatic carbocycles. The van der Waals surface area contributed by atoms with E-state index < -0.39 is 20.6 Å². The van der Waals surface area contributed by atoms with Gasteiger partial charge in [-0.25, -0.2) is 12.8 Å². The summed E-state index contributed by atoms with van der Waals surface area (Å²) >= 11 is 0. The lowest BCUT2D eigenvalue weighted by atomic mass is 10.1. The molecule has 0 atom stereocenters. The van der Waals surface area contributed by atoms with Gasteiger partial charge in [-0.05, 0) is 55.3 Å². The van der Waals surface area contributed by atoms with Gasteiger partial charge >= 0.3 is 0 Å². The van der Waals surface area contributed by atoms with E-state index in [2.05, 4.69) is 0 Å². The molecule has 116 valence electrons. The summed E-state index contributed by atoms with van der Waals surface area (Å²) in [6, 6.07) is 10.9. The molecule has 2 aromatic carbocycles. The van der Waals surface area contributed by atoms with Crippen LogP contribution in [0.5, 0.6) is 0 Å². The van der Waals surface area contributed by atoms with Gasteiger partial charge in [-0.2, -0.15) is 5.26 Å². The van der Waals surface area contributed by atoms with Gasteiger partial charge in [0.2, 0.25) is 9.84 Å². The summed E-state index contributed by atoms with van der Waals surface area (Å²) < 4.78 is 38.3. The molecule has 0 N–H and O–H groups in total. The second-order valence-electron chi connectivity index (χ2n) is 5.36. The van der Waals surface area contributed by atoms with Crippen molar-refractivity contribution in [1.29, 1.82) is 5.26 Å². The molecule has 2 aromatic rings. The molecule has 0 saturated heterocycles. The number of sulfone groups is 1. The maximum atomic E-state index is 13.5. The molecule has 0 saturated carbocycles. The van der Waals surface area contributed by atoms with Crippen molar-refractivity contribution in [2.75, 3.05) is 4.90 Å². The van der Waals surface area contributed by atoms with E-state index in [1.165, 1.54) is 18.3 Å². The molecule has 0 bridgehead atoms. The molecule has 0 amide bonds. The predicted molar refractivity (Wildman–Crippen MR) is 85.3 cm³/mol. The maximum Gasteiger partial charge on any atom is 0.220 e. The Morgan fingerprint density at radius 3 is 2.48 bits per heavy atom. The Hall–Kier alpha value is -2.65. The topological polar surface area (TPSA) is 61.2 Å². The molecule has 3 rings (SSSR count). The van der Waals surface area contributed by atoms with Crippen molar-refractivity contribution in [2.45, 2.75) is 18.7 Å². The number of anilines is 2. The van der Waals surface area contributed by atoms with Crippen LogP contribution in [0.3, 0.4) is 0 Å². The minimum atomic E-state index is -4.00. The second-order valence-corrected chi connectivity index (χ2v) is 7.25. The Morgan fingerprint density at radius 1 is 1.09 bits per heavy atom. The van der Waals surface area contributed by atoms with Crippen LogP contribution in [0.2, 0.25) is 0 Å². The first-order chi connectivity index (χ1) is 10.8. The fraction of sp³-hybridized carbons (Fsp3) is 0.118. The molecule has 1 heterocycles. The van der Waals surface area contributed by atoms with E-state index in [0.717, 1.165) is 17.2 Å². The summed E-state index contributed by atoms with van der Waals surface area (Å²) in [5.74, 6) is -0.661. The summed E-state index contributed by atoms with van der Waals surface area (Å²) in [7, 11) is -4.00. The SMILES string of the molecule is Cc1ccc(N2C=C(C#N)S(=O)(=O)c3cc(F)ccc32)cc1C. The van der Waals surface area contributed by atoms with Crippen molar-refractivity contribution >= 4 is 21.2 Å². The Labute approximate surface area is 134 Å². The zero-order chi connectivity index (χ0) is 16.8. The van der Waals surface area contributed by atoms with E-state index in [0.29, 0.717) is 11.4 Å². The van der Waals surface area contributed by atoms with Gasteiger partial charge in [0.15, 0.2) is 4.91 Å². The number of hydrogen-bond donors (Lipinski definition) is 0. The van der Waals surface area contributed by atoms with E-state index >= 15 is 0 Å². The zero-order valence-electron chi connectivity index (χ0n) is 12.5. The summed E-state index contributed by atoms with van der Waals surface area (Å²) in [6.07, 6.45) is 1.28. The molecule has 0 radical (unpaired) electrons. The van der Waals surface area contributed by atoms with Crippen LogP contribution in [0.15, 0.2) is 52.4 Å². The van der Waals surface area contributed by atoms with Crippen LogP contribution in [0.25, 0.3) is 0 Å². The van der Waals surface area contributed by atoms with Crippen molar-refractivity contribution in [3.8, 4) is 6.07 Å². The molecule has 1 aliphatic heterocycles. The summed E-state index contributed by atoms with van der Waals surface area (Å²) in [6.45, 7) is 3.92. The standard InChI is InChI=1S/C17H13FN2O2S/c1-11-3-5-14(7-12(11)2)20-10-15(9-19)23(21,22)17-8-13(18)4-6-16(17)20/h3-8,10H,1-2H3. The van der Waals surface area contributed by atoms with Gasteiger partial charge in [0.05, 0.1) is 10.6 Å². The number of allylic oxidation sites excluding steroid dienone is 1. The van der Waals surface area contributed by atoms with Crippen LogP contribution >= 0.6 is 0 Å². The molecule has 0 unspecified atom stereocenters. The van der Waals surface area contributed by atoms with Crippen LogP contribution in [-0.4, -0.2) is 8.42 Å². The fourth-order valence-electron chi connectivity index (χ4n) is 2.45. The molecular formula is C17H13FN2O2S. The Kier molecular flexibility index (Phi) is 3.46.